The second-order valence-corrected chi connectivity index (χ2v) is 8.86. The van der Waals surface area contributed by atoms with E-state index in [1.807, 2.05) is 38.1 Å². The SMILES string of the molecule is CCCC(=O)Nc1c(Cl)cc(Cl)cc1C(=O)NC1CCN(C(=O)c2ccc(C)cc2)CC1. The number of aryl methyl sites for hydroxylation is 1. The van der Waals surface area contributed by atoms with Crippen LogP contribution in [0.15, 0.2) is 36.4 Å². The number of anilines is 1. The lowest BCUT2D eigenvalue weighted by Crippen LogP contribution is -2.46. The summed E-state index contributed by atoms with van der Waals surface area (Å²) < 4.78 is 0. The monoisotopic (exact) mass is 475 g/mol. The van der Waals surface area contributed by atoms with Gasteiger partial charge >= 0.3 is 0 Å². The van der Waals surface area contributed by atoms with Gasteiger partial charge in [-0.1, -0.05) is 47.8 Å². The minimum absolute atomic E-state index is 0.00248. The van der Waals surface area contributed by atoms with Crippen molar-refractivity contribution in [1.29, 1.82) is 0 Å². The molecule has 1 aliphatic rings. The highest BCUT2D eigenvalue weighted by Crippen LogP contribution is 2.31. The van der Waals surface area contributed by atoms with E-state index in [-0.39, 0.29) is 40.0 Å². The first kappa shape index (κ1) is 24.1. The van der Waals surface area contributed by atoms with Crippen LogP contribution >= 0.6 is 23.2 Å². The Labute approximate surface area is 198 Å². The summed E-state index contributed by atoms with van der Waals surface area (Å²) >= 11 is 12.4. The van der Waals surface area contributed by atoms with Crippen molar-refractivity contribution in [3.05, 3.63) is 63.1 Å². The van der Waals surface area contributed by atoms with Gasteiger partial charge in [0.25, 0.3) is 11.8 Å². The Bertz CT molecular complexity index is 1000. The average molecular weight is 476 g/mol. The highest BCUT2D eigenvalue weighted by atomic mass is 35.5. The van der Waals surface area contributed by atoms with Gasteiger partial charge in [-0.25, -0.2) is 0 Å². The van der Waals surface area contributed by atoms with E-state index in [9.17, 15) is 14.4 Å². The molecule has 2 N–H and O–H groups in total. The lowest BCUT2D eigenvalue weighted by molar-refractivity contribution is -0.116. The van der Waals surface area contributed by atoms with Gasteiger partial charge in [0.05, 0.1) is 16.3 Å². The number of benzene rings is 2. The Morgan fingerprint density at radius 3 is 2.34 bits per heavy atom. The van der Waals surface area contributed by atoms with Gasteiger partial charge in [-0.05, 0) is 50.5 Å². The maximum absolute atomic E-state index is 13.0. The van der Waals surface area contributed by atoms with Crippen LogP contribution < -0.4 is 10.6 Å². The molecule has 0 aromatic heterocycles. The molecule has 0 atom stereocenters. The maximum atomic E-state index is 13.0. The molecule has 0 unspecified atom stereocenters. The molecule has 0 aliphatic carbocycles. The topological polar surface area (TPSA) is 78.5 Å². The first-order valence-corrected chi connectivity index (χ1v) is 11.5. The summed E-state index contributed by atoms with van der Waals surface area (Å²) in [5.41, 5.74) is 2.26. The molecule has 0 bridgehead atoms. The molecule has 1 saturated heterocycles. The molecule has 2 aromatic rings. The Hall–Kier alpha value is -2.57. The molecular formula is C24H27Cl2N3O3. The fourth-order valence-electron chi connectivity index (χ4n) is 3.68. The van der Waals surface area contributed by atoms with E-state index in [1.165, 1.54) is 12.1 Å². The number of carbonyl (C=O) groups excluding carboxylic acids is 3. The fourth-order valence-corrected chi connectivity index (χ4v) is 4.22. The first-order chi connectivity index (χ1) is 15.3. The van der Waals surface area contributed by atoms with Crippen LogP contribution in [0.1, 0.15) is 58.9 Å². The number of amides is 3. The molecule has 3 rings (SSSR count). The van der Waals surface area contributed by atoms with E-state index in [2.05, 4.69) is 10.6 Å². The molecule has 0 spiro atoms. The van der Waals surface area contributed by atoms with E-state index in [4.69, 9.17) is 23.2 Å². The van der Waals surface area contributed by atoms with Crippen LogP contribution in [0.5, 0.6) is 0 Å². The highest BCUT2D eigenvalue weighted by Gasteiger charge is 2.26. The van der Waals surface area contributed by atoms with Crippen molar-refractivity contribution in [3.8, 4) is 0 Å². The lowest BCUT2D eigenvalue weighted by Gasteiger charge is -2.32. The van der Waals surface area contributed by atoms with Crippen molar-refractivity contribution in [2.75, 3.05) is 18.4 Å². The molecule has 2 aromatic carbocycles. The van der Waals surface area contributed by atoms with Crippen molar-refractivity contribution >= 4 is 46.6 Å². The van der Waals surface area contributed by atoms with Gasteiger partial charge in [0.2, 0.25) is 5.91 Å². The second-order valence-electron chi connectivity index (χ2n) is 8.01. The molecule has 1 aliphatic heterocycles. The van der Waals surface area contributed by atoms with Crippen LogP contribution in [0.3, 0.4) is 0 Å². The Balaban J connectivity index is 1.64. The highest BCUT2D eigenvalue weighted by molar-refractivity contribution is 6.38. The molecule has 1 fully saturated rings. The van der Waals surface area contributed by atoms with Gasteiger partial charge in [0.1, 0.15) is 0 Å². The number of halogens is 2. The van der Waals surface area contributed by atoms with Gasteiger partial charge in [0, 0.05) is 36.1 Å². The molecule has 6 nitrogen and oxygen atoms in total. The summed E-state index contributed by atoms with van der Waals surface area (Å²) in [7, 11) is 0. The van der Waals surface area contributed by atoms with Crippen LogP contribution in [0.2, 0.25) is 10.0 Å². The predicted molar refractivity (Wildman–Crippen MR) is 128 cm³/mol. The number of nitrogens with one attached hydrogen (secondary N) is 2. The fraction of sp³-hybridized carbons (Fsp3) is 0.375. The summed E-state index contributed by atoms with van der Waals surface area (Å²) in [6.45, 7) is 4.98. The van der Waals surface area contributed by atoms with E-state index in [0.717, 1.165) is 5.56 Å². The summed E-state index contributed by atoms with van der Waals surface area (Å²) in [4.78, 5) is 39.6. The van der Waals surface area contributed by atoms with Gasteiger partial charge in [0.15, 0.2) is 0 Å². The molecule has 1 heterocycles. The Morgan fingerprint density at radius 1 is 1.06 bits per heavy atom. The van der Waals surface area contributed by atoms with Gasteiger partial charge in [-0.2, -0.15) is 0 Å². The third-order valence-corrected chi connectivity index (χ3v) is 5.97. The minimum Gasteiger partial charge on any atom is -0.349 e. The molecule has 170 valence electrons. The van der Waals surface area contributed by atoms with Crippen molar-refractivity contribution in [2.24, 2.45) is 0 Å². The second kappa shape index (κ2) is 10.8. The zero-order chi connectivity index (χ0) is 23.3. The molecule has 32 heavy (non-hydrogen) atoms. The zero-order valence-corrected chi connectivity index (χ0v) is 19.7. The van der Waals surface area contributed by atoms with E-state index in [1.54, 1.807) is 4.90 Å². The van der Waals surface area contributed by atoms with E-state index >= 15 is 0 Å². The Morgan fingerprint density at radius 2 is 1.72 bits per heavy atom. The number of nitrogens with zero attached hydrogens (tertiary/aromatic N) is 1. The lowest BCUT2D eigenvalue weighted by atomic mass is 10.0. The summed E-state index contributed by atoms with van der Waals surface area (Å²) in [6.07, 6.45) is 2.27. The quantitative estimate of drug-likeness (QED) is 0.611. The third-order valence-electron chi connectivity index (χ3n) is 5.46. The number of rotatable bonds is 6. The molecule has 8 heteroatoms. The third kappa shape index (κ3) is 6.02. The van der Waals surface area contributed by atoms with Crippen LogP contribution in [0.25, 0.3) is 0 Å². The molecular weight excluding hydrogens is 449 g/mol. The number of likely N-dealkylation sites (tertiary alicyclic amines) is 1. The van der Waals surface area contributed by atoms with Crippen molar-refractivity contribution in [1.82, 2.24) is 10.2 Å². The van der Waals surface area contributed by atoms with Crippen LogP contribution in [0.4, 0.5) is 5.69 Å². The van der Waals surface area contributed by atoms with Gasteiger partial charge in [-0.15, -0.1) is 0 Å². The van der Waals surface area contributed by atoms with Crippen molar-refractivity contribution in [2.45, 2.75) is 45.6 Å². The van der Waals surface area contributed by atoms with Crippen LogP contribution in [-0.2, 0) is 4.79 Å². The largest absolute Gasteiger partial charge is 0.349 e. The number of hydrogen-bond donors (Lipinski definition) is 2. The van der Waals surface area contributed by atoms with Crippen LogP contribution in [-0.4, -0.2) is 41.8 Å². The smallest absolute Gasteiger partial charge is 0.253 e. The Kier molecular flexibility index (Phi) is 8.15. The van der Waals surface area contributed by atoms with Gasteiger partial charge in [-0.3, -0.25) is 14.4 Å². The molecule has 0 radical (unpaired) electrons. The summed E-state index contributed by atoms with van der Waals surface area (Å²) in [6, 6.07) is 10.4. The van der Waals surface area contributed by atoms with Crippen molar-refractivity contribution < 1.29 is 14.4 Å². The molecule has 3 amide bonds. The van der Waals surface area contributed by atoms with Crippen LogP contribution in [0, 0.1) is 6.92 Å². The van der Waals surface area contributed by atoms with E-state index in [0.29, 0.717) is 49.4 Å². The molecule has 0 saturated carbocycles. The predicted octanol–water partition coefficient (Wildman–Crippen LogP) is 5.08. The minimum atomic E-state index is -0.357. The van der Waals surface area contributed by atoms with Crippen molar-refractivity contribution in [3.63, 3.8) is 0 Å². The normalized spacial score (nSPS) is 14.2. The number of piperidine rings is 1. The maximum Gasteiger partial charge on any atom is 0.253 e. The zero-order valence-electron chi connectivity index (χ0n) is 18.2. The average Bonchev–Trinajstić information content (AvgIpc) is 2.76. The standard InChI is InChI=1S/C24H27Cl2N3O3/c1-3-4-21(30)28-22-19(13-17(25)14-20(22)26)23(31)27-18-9-11-29(12-10-18)24(32)16-7-5-15(2)6-8-16/h5-8,13-14,18H,3-4,9-12H2,1-2H3,(H,27,31)(H,28,30). The number of hydrogen-bond acceptors (Lipinski definition) is 3. The number of carbonyl (C=O) groups is 3. The summed E-state index contributed by atoms with van der Waals surface area (Å²) in [5, 5.41) is 6.25. The first-order valence-electron chi connectivity index (χ1n) is 10.7. The summed E-state index contributed by atoms with van der Waals surface area (Å²) in [5.74, 6) is -0.574. The van der Waals surface area contributed by atoms with E-state index < -0.39 is 0 Å². The van der Waals surface area contributed by atoms with Gasteiger partial charge < -0.3 is 15.5 Å².